The van der Waals surface area contributed by atoms with Gasteiger partial charge in [-0.1, -0.05) is 0 Å². The number of aryl methyl sites for hydroxylation is 1. The molecule has 1 fully saturated rings. The number of carbonyl (C=O) groups is 2. The van der Waals surface area contributed by atoms with E-state index in [-0.39, 0.29) is 11.7 Å². The molecule has 3 rings (SSSR count). The zero-order chi connectivity index (χ0) is 16.4. The monoisotopic (exact) mass is 333 g/mol. The molecule has 23 heavy (non-hydrogen) atoms. The van der Waals surface area contributed by atoms with Crippen LogP contribution in [0.2, 0.25) is 0 Å². The van der Waals surface area contributed by atoms with E-state index in [1.54, 1.807) is 28.9 Å². The van der Waals surface area contributed by atoms with Crippen LogP contribution in [-0.2, 0) is 4.79 Å². The lowest BCUT2D eigenvalue weighted by Crippen LogP contribution is -2.48. The van der Waals surface area contributed by atoms with Crippen molar-refractivity contribution in [3.8, 4) is 10.6 Å². The summed E-state index contributed by atoms with van der Waals surface area (Å²) in [5.74, 6) is -0.356. The summed E-state index contributed by atoms with van der Waals surface area (Å²) in [6.07, 6.45) is 0.812. The number of hydrogen-bond donors (Lipinski definition) is 0. The van der Waals surface area contributed by atoms with E-state index in [9.17, 15) is 14.0 Å². The molecule has 0 radical (unpaired) electrons. The van der Waals surface area contributed by atoms with E-state index in [2.05, 4.69) is 4.98 Å². The van der Waals surface area contributed by atoms with E-state index >= 15 is 0 Å². The lowest BCUT2D eigenvalue weighted by molar-refractivity contribution is -0.119. The van der Waals surface area contributed by atoms with Gasteiger partial charge in [-0.3, -0.25) is 9.59 Å². The largest absolute Gasteiger partial charge is 0.342 e. The van der Waals surface area contributed by atoms with Crippen molar-refractivity contribution in [2.45, 2.75) is 6.92 Å². The second-order valence-electron chi connectivity index (χ2n) is 5.37. The molecule has 1 saturated heterocycles. The molecule has 1 aliphatic heterocycles. The van der Waals surface area contributed by atoms with Crippen LogP contribution in [0, 0.1) is 12.7 Å². The maximum Gasteiger partial charge on any atom is 0.265 e. The highest BCUT2D eigenvalue weighted by Gasteiger charge is 2.25. The van der Waals surface area contributed by atoms with Crippen molar-refractivity contribution in [1.82, 2.24) is 14.8 Å². The summed E-state index contributed by atoms with van der Waals surface area (Å²) in [5.41, 5.74) is 1.47. The maximum absolute atomic E-state index is 13.0. The molecule has 0 spiro atoms. The first-order valence-electron chi connectivity index (χ1n) is 7.30. The number of halogens is 1. The fourth-order valence-corrected chi connectivity index (χ4v) is 3.52. The van der Waals surface area contributed by atoms with Crippen LogP contribution in [-0.4, -0.2) is 53.3 Å². The van der Waals surface area contributed by atoms with Crippen LogP contribution in [0.5, 0.6) is 0 Å². The molecule has 1 aromatic carbocycles. The fourth-order valence-electron chi connectivity index (χ4n) is 2.48. The van der Waals surface area contributed by atoms with Gasteiger partial charge in [-0.15, -0.1) is 11.3 Å². The minimum Gasteiger partial charge on any atom is -0.342 e. The van der Waals surface area contributed by atoms with E-state index in [1.165, 1.54) is 23.5 Å². The van der Waals surface area contributed by atoms with Gasteiger partial charge < -0.3 is 9.80 Å². The molecule has 5 nitrogen and oxygen atoms in total. The standard InChI is InChI=1S/C16H16FN3O2S/c1-11-14(16(22)20-8-6-19(10-21)7-9-20)23-15(18-11)12-2-4-13(17)5-3-12/h2-5,10H,6-9H2,1H3. The van der Waals surface area contributed by atoms with Crippen molar-refractivity contribution in [3.05, 3.63) is 40.7 Å². The Balaban J connectivity index is 1.79. The zero-order valence-electron chi connectivity index (χ0n) is 12.7. The Hall–Kier alpha value is -2.28. The molecular formula is C16H16FN3O2S. The first-order chi connectivity index (χ1) is 11.1. The number of rotatable bonds is 3. The molecule has 0 saturated carbocycles. The van der Waals surface area contributed by atoms with Gasteiger partial charge in [0.25, 0.3) is 5.91 Å². The molecule has 0 unspecified atom stereocenters. The van der Waals surface area contributed by atoms with Gasteiger partial charge in [0, 0.05) is 31.7 Å². The number of aromatic nitrogens is 1. The third kappa shape index (κ3) is 3.24. The molecule has 0 N–H and O–H groups in total. The van der Waals surface area contributed by atoms with E-state index < -0.39 is 0 Å². The van der Waals surface area contributed by atoms with E-state index in [0.717, 1.165) is 12.0 Å². The molecule has 7 heteroatoms. The van der Waals surface area contributed by atoms with Crippen molar-refractivity contribution in [3.63, 3.8) is 0 Å². The molecule has 1 aromatic heterocycles. The van der Waals surface area contributed by atoms with Crippen LogP contribution in [0.3, 0.4) is 0 Å². The van der Waals surface area contributed by atoms with Gasteiger partial charge >= 0.3 is 0 Å². The summed E-state index contributed by atoms with van der Waals surface area (Å²) in [6, 6.07) is 6.08. The van der Waals surface area contributed by atoms with E-state index in [0.29, 0.717) is 41.8 Å². The summed E-state index contributed by atoms with van der Waals surface area (Å²) in [5, 5.41) is 0.706. The maximum atomic E-state index is 13.0. The van der Waals surface area contributed by atoms with Gasteiger partial charge in [-0.2, -0.15) is 0 Å². The summed E-state index contributed by atoms with van der Waals surface area (Å²) >= 11 is 1.32. The van der Waals surface area contributed by atoms with Crippen LogP contribution in [0.25, 0.3) is 10.6 Å². The van der Waals surface area contributed by atoms with Gasteiger partial charge in [-0.05, 0) is 31.2 Å². The lowest BCUT2D eigenvalue weighted by atomic mass is 10.2. The zero-order valence-corrected chi connectivity index (χ0v) is 13.5. The second kappa shape index (κ2) is 6.45. The summed E-state index contributed by atoms with van der Waals surface area (Å²) in [7, 11) is 0. The van der Waals surface area contributed by atoms with Crippen molar-refractivity contribution >= 4 is 23.7 Å². The molecule has 2 amide bonds. The predicted octanol–water partition coefficient (Wildman–Crippen LogP) is 2.17. The van der Waals surface area contributed by atoms with Crippen molar-refractivity contribution in [2.75, 3.05) is 26.2 Å². The molecule has 0 bridgehead atoms. The van der Waals surface area contributed by atoms with Crippen molar-refractivity contribution in [1.29, 1.82) is 0 Å². The molecule has 2 aromatic rings. The Bertz CT molecular complexity index is 721. The normalized spacial score (nSPS) is 14.9. The third-order valence-corrected chi connectivity index (χ3v) is 5.03. The Morgan fingerprint density at radius 1 is 1.22 bits per heavy atom. The minimum absolute atomic E-state index is 0.0566. The minimum atomic E-state index is -0.300. The Kier molecular flexibility index (Phi) is 4.38. The Morgan fingerprint density at radius 2 is 1.87 bits per heavy atom. The van der Waals surface area contributed by atoms with E-state index in [4.69, 9.17) is 0 Å². The first kappa shape index (κ1) is 15.6. The first-order valence-corrected chi connectivity index (χ1v) is 8.12. The van der Waals surface area contributed by atoms with Crippen LogP contribution in [0.1, 0.15) is 15.4 Å². The molecule has 0 atom stereocenters. The lowest BCUT2D eigenvalue weighted by Gasteiger charge is -2.32. The highest BCUT2D eigenvalue weighted by molar-refractivity contribution is 7.17. The molecular weight excluding hydrogens is 317 g/mol. The van der Waals surface area contributed by atoms with Crippen LogP contribution in [0.15, 0.2) is 24.3 Å². The topological polar surface area (TPSA) is 53.5 Å². The Morgan fingerprint density at radius 3 is 2.48 bits per heavy atom. The molecule has 1 aliphatic rings. The van der Waals surface area contributed by atoms with Crippen LogP contribution in [0.4, 0.5) is 4.39 Å². The highest BCUT2D eigenvalue weighted by Crippen LogP contribution is 2.29. The average molecular weight is 333 g/mol. The molecule has 2 heterocycles. The quantitative estimate of drug-likeness (QED) is 0.809. The molecule has 120 valence electrons. The summed E-state index contributed by atoms with van der Waals surface area (Å²) < 4.78 is 13.0. The molecule has 0 aliphatic carbocycles. The number of amides is 2. The Labute approximate surface area is 137 Å². The van der Waals surface area contributed by atoms with Gasteiger partial charge in [0.15, 0.2) is 0 Å². The number of benzene rings is 1. The number of nitrogens with zero attached hydrogens (tertiary/aromatic N) is 3. The highest BCUT2D eigenvalue weighted by atomic mass is 32.1. The van der Waals surface area contributed by atoms with E-state index in [1.807, 2.05) is 0 Å². The SMILES string of the molecule is Cc1nc(-c2ccc(F)cc2)sc1C(=O)N1CCN(C=O)CC1. The number of thiazole rings is 1. The van der Waals surface area contributed by atoms with Gasteiger partial charge in [0.05, 0.1) is 5.69 Å². The van der Waals surface area contributed by atoms with Gasteiger partial charge in [-0.25, -0.2) is 9.37 Å². The predicted molar refractivity (Wildman–Crippen MR) is 85.8 cm³/mol. The number of piperazine rings is 1. The third-order valence-electron chi connectivity index (χ3n) is 3.83. The van der Waals surface area contributed by atoms with Crippen LogP contribution >= 0.6 is 11.3 Å². The summed E-state index contributed by atoms with van der Waals surface area (Å²) in [4.78, 5) is 31.8. The second-order valence-corrected chi connectivity index (χ2v) is 6.37. The number of carbonyl (C=O) groups excluding carboxylic acids is 2. The van der Waals surface area contributed by atoms with Gasteiger partial charge in [0.2, 0.25) is 6.41 Å². The van der Waals surface area contributed by atoms with Gasteiger partial charge in [0.1, 0.15) is 15.7 Å². The van der Waals surface area contributed by atoms with Crippen molar-refractivity contribution in [2.24, 2.45) is 0 Å². The number of hydrogen-bond acceptors (Lipinski definition) is 4. The van der Waals surface area contributed by atoms with Crippen LogP contribution < -0.4 is 0 Å². The van der Waals surface area contributed by atoms with Crippen molar-refractivity contribution < 1.29 is 14.0 Å². The summed E-state index contributed by atoms with van der Waals surface area (Å²) in [6.45, 7) is 3.97. The smallest absolute Gasteiger partial charge is 0.265 e. The fraction of sp³-hybridized carbons (Fsp3) is 0.312. The average Bonchev–Trinajstić information content (AvgIpc) is 2.96.